The van der Waals surface area contributed by atoms with Crippen LogP contribution in [0.15, 0.2) is 48.2 Å². The molecule has 0 aliphatic rings. The number of carbonyl (C=O) groups excluding carboxylic acids is 1. The molecule has 0 bridgehead atoms. The van der Waals surface area contributed by atoms with E-state index in [2.05, 4.69) is 84.0 Å². The summed E-state index contributed by atoms with van der Waals surface area (Å²) in [6.07, 6.45) is 4.91. The number of hydrogen-bond donors (Lipinski definition) is 1. The first-order valence-electron chi connectivity index (χ1n) is 16.5. The van der Waals surface area contributed by atoms with Gasteiger partial charge >= 0.3 is 0 Å². The molecule has 0 amide bonds. The number of fused-ring (bicyclic) bond motifs is 3. The Labute approximate surface area is 285 Å². The number of ketones is 1. The number of rotatable bonds is 10. The van der Waals surface area contributed by atoms with E-state index in [1.165, 1.54) is 33.5 Å². The molecule has 1 radical (unpaired) electrons. The van der Waals surface area contributed by atoms with Gasteiger partial charge in [0.15, 0.2) is 5.78 Å². The largest absolute Gasteiger partial charge is 0.512 e. The van der Waals surface area contributed by atoms with Crippen molar-refractivity contribution in [3.05, 3.63) is 82.4 Å². The molecule has 5 heteroatoms. The fourth-order valence-corrected chi connectivity index (χ4v) is 6.02. The molecule has 0 atom stereocenters. The molecular formula is C40H53IrN2O2-. The van der Waals surface area contributed by atoms with Crippen molar-refractivity contribution in [3.8, 4) is 11.3 Å². The van der Waals surface area contributed by atoms with Gasteiger partial charge in [0.05, 0.1) is 11.3 Å². The van der Waals surface area contributed by atoms with Crippen molar-refractivity contribution in [3.63, 3.8) is 0 Å². The van der Waals surface area contributed by atoms with Crippen LogP contribution in [0.3, 0.4) is 0 Å². The van der Waals surface area contributed by atoms with Gasteiger partial charge < -0.3 is 5.11 Å². The molecule has 4 nitrogen and oxygen atoms in total. The second-order valence-electron chi connectivity index (χ2n) is 12.9. The molecule has 0 aliphatic carbocycles. The van der Waals surface area contributed by atoms with Gasteiger partial charge in [-0.25, -0.2) is 4.98 Å². The van der Waals surface area contributed by atoms with Crippen LogP contribution < -0.4 is 0 Å². The molecule has 0 saturated carbocycles. The van der Waals surface area contributed by atoms with Gasteiger partial charge in [0.2, 0.25) is 0 Å². The molecule has 3 aromatic carbocycles. The van der Waals surface area contributed by atoms with Crippen LogP contribution in [0.1, 0.15) is 121 Å². The number of aliphatic hydroxyl groups excluding tert-OH is 1. The number of benzene rings is 3. The van der Waals surface area contributed by atoms with Crippen molar-refractivity contribution < 1.29 is 30.0 Å². The molecule has 0 saturated heterocycles. The zero-order valence-corrected chi connectivity index (χ0v) is 31.7. The van der Waals surface area contributed by atoms with Crippen LogP contribution in [0.25, 0.3) is 32.9 Å². The van der Waals surface area contributed by atoms with Crippen molar-refractivity contribution >= 4 is 27.5 Å². The zero-order valence-electron chi connectivity index (χ0n) is 29.3. The summed E-state index contributed by atoms with van der Waals surface area (Å²) in [5.74, 6) is 2.27. The van der Waals surface area contributed by atoms with E-state index in [0.29, 0.717) is 11.8 Å². The number of nitrogens with zero attached hydrogens (tertiary/aromatic N) is 2. The summed E-state index contributed by atoms with van der Waals surface area (Å²) in [7, 11) is 0. The molecule has 0 spiro atoms. The van der Waals surface area contributed by atoms with Crippen molar-refractivity contribution in [1.82, 2.24) is 9.97 Å². The SMILES string of the molecule is CCC(CC)C(=O)/C=C(\O)C(CC)CC.Cc1[c-]c(-c2nc(C)nc3c2ccc2cc(C(C)C)cc(C(C)C)c23)cc(C)c1.[Ir]. The molecule has 0 fully saturated rings. The van der Waals surface area contributed by atoms with Crippen LogP contribution in [0.5, 0.6) is 0 Å². The van der Waals surface area contributed by atoms with E-state index in [4.69, 9.17) is 9.97 Å². The summed E-state index contributed by atoms with van der Waals surface area (Å²) in [5.41, 5.74) is 8.18. The quantitative estimate of drug-likeness (QED) is 0.0753. The summed E-state index contributed by atoms with van der Waals surface area (Å²) in [6, 6.07) is 16.9. The molecule has 1 heterocycles. The van der Waals surface area contributed by atoms with Crippen LogP contribution in [-0.2, 0) is 24.9 Å². The van der Waals surface area contributed by atoms with Crippen LogP contribution in [0.4, 0.5) is 0 Å². The Morgan fingerprint density at radius 2 is 1.47 bits per heavy atom. The molecule has 1 N–H and O–H groups in total. The summed E-state index contributed by atoms with van der Waals surface area (Å²) in [6.45, 7) is 23.3. The van der Waals surface area contributed by atoms with E-state index in [-0.39, 0.29) is 43.5 Å². The molecule has 1 aromatic heterocycles. The number of aryl methyl sites for hydroxylation is 3. The van der Waals surface area contributed by atoms with Gasteiger partial charge in [0, 0.05) is 43.4 Å². The maximum atomic E-state index is 11.7. The average molecular weight is 786 g/mol. The van der Waals surface area contributed by atoms with Crippen LogP contribution in [-0.4, -0.2) is 20.9 Å². The first-order valence-corrected chi connectivity index (χ1v) is 16.5. The topological polar surface area (TPSA) is 63.1 Å². The fourth-order valence-electron chi connectivity index (χ4n) is 6.02. The predicted octanol–water partition coefficient (Wildman–Crippen LogP) is 11.3. The minimum atomic E-state index is 0. The summed E-state index contributed by atoms with van der Waals surface area (Å²) >= 11 is 0. The fraction of sp³-hybridized carbons (Fsp3) is 0.475. The zero-order chi connectivity index (χ0) is 32.7. The minimum absolute atomic E-state index is 0. The maximum Gasteiger partial charge on any atom is 0.162 e. The molecule has 4 aromatic rings. The molecule has 245 valence electrons. The van der Waals surface area contributed by atoms with Crippen molar-refractivity contribution in [1.29, 1.82) is 0 Å². The van der Waals surface area contributed by atoms with Gasteiger partial charge in [-0.3, -0.25) is 9.78 Å². The van der Waals surface area contributed by atoms with E-state index < -0.39 is 0 Å². The molecule has 0 aliphatic heterocycles. The second-order valence-corrected chi connectivity index (χ2v) is 12.9. The van der Waals surface area contributed by atoms with E-state index in [1.54, 1.807) is 0 Å². The smallest absolute Gasteiger partial charge is 0.162 e. The molecule has 4 rings (SSSR count). The number of allylic oxidation sites excluding steroid dienone is 2. The Morgan fingerprint density at radius 3 is 2.00 bits per heavy atom. The van der Waals surface area contributed by atoms with E-state index in [0.717, 1.165) is 59.2 Å². The molecular weight excluding hydrogens is 733 g/mol. The Kier molecular flexibility index (Phi) is 14.6. The Hall–Kier alpha value is -2.88. The number of hydrogen-bond acceptors (Lipinski definition) is 4. The first kappa shape index (κ1) is 38.3. The van der Waals surface area contributed by atoms with E-state index >= 15 is 0 Å². The number of aliphatic hydroxyl groups is 1. The van der Waals surface area contributed by atoms with Crippen LogP contribution in [0, 0.1) is 38.7 Å². The predicted molar refractivity (Wildman–Crippen MR) is 188 cm³/mol. The van der Waals surface area contributed by atoms with Crippen LogP contribution >= 0.6 is 0 Å². The van der Waals surface area contributed by atoms with Gasteiger partial charge in [-0.05, 0) is 72.0 Å². The Balaban J connectivity index is 0.000000378. The normalized spacial score (nSPS) is 11.8. The third kappa shape index (κ3) is 9.33. The Morgan fingerprint density at radius 1 is 0.844 bits per heavy atom. The van der Waals surface area contributed by atoms with Gasteiger partial charge in [0.25, 0.3) is 0 Å². The van der Waals surface area contributed by atoms with Crippen molar-refractivity contribution in [2.75, 3.05) is 0 Å². The standard InChI is InChI=1S/C27H29N2.C13H24O2.Ir/c1-15(2)21-13-20-8-9-23-26(22-11-17(5)10-18(6)12-22)28-19(7)29-27(23)25(20)24(14-21)16(3)4;1-5-10(6-2)12(14)9-13(15)11(7-3)8-4;/h8-11,13-16H,1-7H3;9-11,14H,5-8H2,1-4H3;/q-1;;/b;12-9-;. The minimum Gasteiger partial charge on any atom is -0.512 e. The van der Waals surface area contributed by atoms with Gasteiger partial charge in [-0.15, -0.1) is 34.9 Å². The third-order valence-electron chi connectivity index (χ3n) is 8.72. The summed E-state index contributed by atoms with van der Waals surface area (Å²) in [4.78, 5) is 21.5. The molecule has 0 unspecified atom stereocenters. The third-order valence-corrected chi connectivity index (χ3v) is 8.72. The summed E-state index contributed by atoms with van der Waals surface area (Å²) < 4.78 is 0. The molecule has 45 heavy (non-hydrogen) atoms. The van der Waals surface area contributed by atoms with Crippen molar-refractivity contribution in [2.24, 2.45) is 11.8 Å². The van der Waals surface area contributed by atoms with Crippen LogP contribution in [0.2, 0.25) is 0 Å². The van der Waals surface area contributed by atoms with E-state index in [9.17, 15) is 9.90 Å². The number of aromatic nitrogens is 2. The Bertz CT molecular complexity index is 1610. The number of carbonyl (C=O) groups is 1. The van der Waals surface area contributed by atoms with Gasteiger partial charge in [-0.1, -0.05) is 93.5 Å². The first-order chi connectivity index (χ1) is 20.8. The van der Waals surface area contributed by atoms with E-state index in [1.807, 2.05) is 34.6 Å². The summed E-state index contributed by atoms with van der Waals surface area (Å²) in [5, 5.41) is 13.4. The van der Waals surface area contributed by atoms with Gasteiger partial charge in [0.1, 0.15) is 5.82 Å². The average Bonchev–Trinajstić information content (AvgIpc) is 2.97. The second kappa shape index (κ2) is 17.2. The van der Waals surface area contributed by atoms with Crippen molar-refractivity contribution in [2.45, 2.75) is 114 Å². The monoisotopic (exact) mass is 786 g/mol. The maximum absolute atomic E-state index is 11.7. The van der Waals surface area contributed by atoms with Gasteiger partial charge in [-0.2, -0.15) is 0 Å².